The molecular weight excluding hydrogens is 424 g/mol. The van der Waals surface area contributed by atoms with Crippen molar-refractivity contribution in [2.24, 2.45) is 0 Å². The van der Waals surface area contributed by atoms with E-state index < -0.39 is 7.04 Å². The molecule has 0 saturated heterocycles. The van der Waals surface area contributed by atoms with E-state index in [1.807, 2.05) is 13.0 Å². The number of ketones is 1. The highest BCUT2D eigenvalue weighted by Gasteiger charge is 2.21. The number of thiophene rings is 1. The third kappa shape index (κ3) is 4.02. The Morgan fingerprint density at radius 2 is 1.91 bits per heavy atom. The monoisotopic (exact) mass is 451 g/mol. The Morgan fingerprint density at radius 3 is 2.66 bits per heavy atom. The lowest BCUT2D eigenvalue weighted by atomic mass is 10.0. The van der Waals surface area contributed by atoms with Crippen LogP contribution in [0.5, 0.6) is 0 Å². The van der Waals surface area contributed by atoms with E-state index in [0.717, 1.165) is 26.6 Å². The molecule has 4 rings (SSSR count). The van der Waals surface area contributed by atoms with Gasteiger partial charge in [0.1, 0.15) is 5.82 Å². The van der Waals surface area contributed by atoms with Crippen molar-refractivity contribution in [3.8, 4) is 0 Å². The van der Waals surface area contributed by atoms with Crippen molar-refractivity contribution in [3.63, 3.8) is 0 Å². The van der Waals surface area contributed by atoms with Gasteiger partial charge in [0.25, 0.3) is 5.91 Å². The van der Waals surface area contributed by atoms with Gasteiger partial charge in [0, 0.05) is 35.2 Å². The van der Waals surface area contributed by atoms with E-state index in [1.54, 1.807) is 43.5 Å². The number of Topliss-reactive ketones (excluding diaryl/α,β-unsaturated/α-hetero) is 1. The molecule has 2 aromatic heterocycles. The number of amides is 1. The Balaban J connectivity index is 1.66. The number of benzene rings is 2. The predicted molar refractivity (Wildman–Crippen MR) is 128 cm³/mol. The van der Waals surface area contributed by atoms with Gasteiger partial charge in [-0.2, -0.15) is 0 Å². The SMILES string of the molecule is [2H]C([2H])([2H])OCc1cccc2nc(NC(=O)c3sc4c(C(C)=O)ccc(COC)c4c3C)ccc12. The largest absolute Gasteiger partial charge is 0.380 e. The van der Waals surface area contributed by atoms with Crippen molar-refractivity contribution in [2.75, 3.05) is 19.5 Å². The summed E-state index contributed by atoms with van der Waals surface area (Å²) in [6, 6.07) is 12.4. The van der Waals surface area contributed by atoms with Gasteiger partial charge < -0.3 is 14.8 Å². The number of pyridine rings is 1. The quantitative estimate of drug-likeness (QED) is 0.375. The van der Waals surface area contributed by atoms with Gasteiger partial charge in [-0.15, -0.1) is 11.3 Å². The van der Waals surface area contributed by atoms with Crippen LogP contribution in [0.4, 0.5) is 5.82 Å². The molecule has 0 radical (unpaired) electrons. The van der Waals surface area contributed by atoms with E-state index >= 15 is 0 Å². The van der Waals surface area contributed by atoms with Gasteiger partial charge in [-0.1, -0.05) is 18.2 Å². The summed E-state index contributed by atoms with van der Waals surface area (Å²) >= 11 is 1.28. The first-order valence-corrected chi connectivity index (χ1v) is 10.8. The zero-order valence-electron chi connectivity index (χ0n) is 20.9. The van der Waals surface area contributed by atoms with Crippen molar-refractivity contribution in [2.45, 2.75) is 27.1 Å². The minimum absolute atomic E-state index is 0.0679. The van der Waals surface area contributed by atoms with E-state index in [9.17, 15) is 9.59 Å². The zero-order chi connectivity index (χ0) is 25.3. The van der Waals surface area contributed by atoms with Crippen LogP contribution in [-0.2, 0) is 22.7 Å². The maximum atomic E-state index is 13.2. The van der Waals surface area contributed by atoms with Crippen LogP contribution >= 0.6 is 11.3 Å². The fourth-order valence-electron chi connectivity index (χ4n) is 3.87. The molecule has 0 aliphatic carbocycles. The van der Waals surface area contributed by atoms with Gasteiger partial charge in [0.2, 0.25) is 0 Å². The summed E-state index contributed by atoms with van der Waals surface area (Å²) in [4.78, 5) is 30.4. The van der Waals surface area contributed by atoms with Crippen molar-refractivity contribution < 1.29 is 23.2 Å². The third-order valence-corrected chi connectivity index (χ3v) is 6.66. The number of carbonyl (C=O) groups excluding carboxylic acids is 2. The predicted octanol–water partition coefficient (Wildman–Crippen LogP) is 5.51. The minimum atomic E-state index is -2.49. The standard InChI is InChI=1S/C25H24N2O4S/c1-14-22-17(13-31-4)8-9-18(15(2)28)24(22)32-23(14)25(29)27-21-11-10-19-16(12-30-3)6-5-7-20(19)26-21/h5-11H,12-13H2,1-4H3,(H,26,27,29)/i3D3. The number of hydrogen-bond acceptors (Lipinski definition) is 6. The number of anilines is 1. The summed E-state index contributed by atoms with van der Waals surface area (Å²) in [5.74, 6) is -0.0332. The Bertz CT molecular complexity index is 1450. The van der Waals surface area contributed by atoms with Gasteiger partial charge in [-0.3, -0.25) is 9.59 Å². The van der Waals surface area contributed by atoms with Crippen LogP contribution in [0, 0.1) is 6.92 Å². The van der Waals surface area contributed by atoms with Crippen LogP contribution < -0.4 is 5.32 Å². The molecule has 2 heterocycles. The molecular formula is C25H24N2O4S. The molecule has 6 nitrogen and oxygen atoms in total. The summed E-state index contributed by atoms with van der Waals surface area (Å²) in [6.45, 7) is 3.66. The zero-order valence-corrected chi connectivity index (χ0v) is 18.8. The number of nitrogens with zero attached hydrogens (tertiary/aromatic N) is 1. The number of fused-ring (bicyclic) bond motifs is 2. The topological polar surface area (TPSA) is 77.5 Å². The van der Waals surface area contributed by atoms with Crippen molar-refractivity contribution in [1.82, 2.24) is 4.98 Å². The first kappa shape index (κ1) is 18.4. The number of carbonyl (C=O) groups is 2. The molecule has 0 atom stereocenters. The number of hydrogen-bond donors (Lipinski definition) is 1. The second kappa shape index (κ2) is 9.16. The molecule has 0 spiro atoms. The lowest BCUT2D eigenvalue weighted by molar-refractivity contribution is 0.101. The summed E-state index contributed by atoms with van der Waals surface area (Å²) in [5, 5.41) is 4.45. The Kier molecular flexibility index (Phi) is 5.28. The van der Waals surface area contributed by atoms with Crippen LogP contribution in [0.15, 0.2) is 42.5 Å². The molecule has 0 bridgehead atoms. The summed E-state index contributed by atoms with van der Waals surface area (Å²) in [6.07, 6.45) is 0. The van der Waals surface area contributed by atoms with Crippen LogP contribution in [0.1, 0.15) is 47.8 Å². The normalized spacial score (nSPS) is 13.0. The number of rotatable bonds is 7. The Hall–Kier alpha value is -3.13. The second-order valence-electron chi connectivity index (χ2n) is 7.44. The van der Waals surface area contributed by atoms with E-state index in [-0.39, 0.29) is 18.3 Å². The maximum Gasteiger partial charge on any atom is 0.267 e. The van der Waals surface area contributed by atoms with Gasteiger partial charge >= 0.3 is 0 Å². The Morgan fingerprint density at radius 1 is 1.09 bits per heavy atom. The van der Waals surface area contributed by atoms with Crippen LogP contribution in [-0.4, -0.2) is 30.8 Å². The van der Waals surface area contributed by atoms with Crippen molar-refractivity contribution in [3.05, 3.63) is 69.6 Å². The van der Waals surface area contributed by atoms with Crippen LogP contribution in [0.2, 0.25) is 0 Å². The smallest absolute Gasteiger partial charge is 0.267 e. The molecule has 0 unspecified atom stereocenters. The molecule has 7 heteroatoms. The summed E-state index contributed by atoms with van der Waals surface area (Å²) in [5.41, 5.74) is 3.55. The van der Waals surface area contributed by atoms with Crippen molar-refractivity contribution in [1.29, 1.82) is 0 Å². The minimum Gasteiger partial charge on any atom is -0.380 e. The lowest BCUT2D eigenvalue weighted by Gasteiger charge is -2.08. The van der Waals surface area contributed by atoms with E-state index in [0.29, 0.717) is 33.9 Å². The van der Waals surface area contributed by atoms with Gasteiger partial charge in [-0.25, -0.2) is 4.98 Å². The molecule has 1 amide bonds. The molecule has 0 aliphatic rings. The molecule has 164 valence electrons. The van der Waals surface area contributed by atoms with Crippen LogP contribution in [0.3, 0.4) is 0 Å². The molecule has 2 aromatic carbocycles. The average Bonchev–Trinajstić information content (AvgIpc) is 3.15. The fourth-order valence-corrected chi connectivity index (χ4v) is 5.18. The molecule has 4 aromatic rings. The highest BCUT2D eigenvalue weighted by Crippen LogP contribution is 2.37. The molecule has 32 heavy (non-hydrogen) atoms. The first-order chi connectivity index (χ1) is 16.6. The van der Waals surface area contributed by atoms with Gasteiger partial charge in [0.05, 0.1) is 27.7 Å². The summed E-state index contributed by atoms with van der Waals surface area (Å²) in [7, 11) is -0.886. The maximum absolute atomic E-state index is 13.2. The number of nitrogens with one attached hydrogen (secondary N) is 1. The fraction of sp³-hybridized carbons (Fsp3) is 0.240. The molecule has 0 aliphatic heterocycles. The third-order valence-electron chi connectivity index (χ3n) is 5.34. The van der Waals surface area contributed by atoms with E-state index in [1.165, 1.54) is 18.3 Å². The Labute approximate surface area is 194 Å². The summed E-state index contributed by atoms with van der Waals surface area (Å²) < 4.78 is 32.7. The van der Waals surface area contributed by atoms with Gasteiger partial charge in [-0.05, 0) is 54.8 Å². The molecule has 1 N–H and O–H groups in total. The number of methoxy groups -OCH3 is 2. The highest BCUT2D eigenvalue weighted by atomic mass is 32.1. The van der Waals surface area contributed by atoms with E-state index in [2.05, 4.69) is 10.3 Å². The number of aryl methyl sites for hydroxylation is 1. The number of aromatic nitrogens is 1. The highest BCUT2D eigenvalue weighted by molar-refractivity contribution is 7.21. The van der Waals surface area contributed by atoms with Crippen LogP contribution in [0.25, 0.3) is 21.0 Å². The second-order valence-corrected chi connectivity index (χ2v) is 8.47. The van der Waals surface area contributed by atoms with Crippen molar-refractivity contribution >= 4 is 49.8 Å². The first-order valence-electron chi connectivity index (χ1n) is 11.5. The van der Waals surface area contributed by atoms with Gasteiger partial charge in [0.15, 0.2) is 5.78 Å². The molecule has 0 fully saturated rings. The lowest BCUT2D eigenvalue weighted by Crippen LogP contribution is -2.12. The molecule has 0 saturated carbocycles. The van der Waals surface area contributed by atoms with E-state index in [4.69, 9.17) is 13.6 Å². The average molecular weight is 452 g/mol. The number of ether oxygens (including phenoxy) is 2.